The van der Waals surface area contributed by atoms with Crippen molar-refractivity contribution in [1.82, 2.24) is 9.27 Å². The number of hydrogen-bond acceptors (Lipinski definition) is 4. The minimum atomic E-state index is -1.28. The van der Waals surface area contributed by atoms with E-state index < -0.39 is 4.46 Å². The van der Waals surface area contributed by atoms with E-state index in [1.54, 1.807) is 12.3 Å². The minimum absolute atomic E-state index is 0.126. The van der Waals surface area contributed by atoms with Crippen molar-refractivity contribution in [2.45, 2.75) is 4.46 Å². The van der Waals surface area contributed by atoms with Crippen LogP contribution in [0.1, 0.15) is 9.67 Å². The number of ether oxygens (including phenoxy) is 1. The highest BCUT2D eigenvalue weighted by Crippen LogP contribution is 2.31. The molecule has 1 amide bonds. The van der Waals surface area contributed by atoms with E-state index in [4.69, 9.17) is 27.9 Å². The van der Waals surface area contributed by atoms with Gasteiger partial charge < -0.3 is 9.64 Å². The number of amides is 1. The van der Waals surface area contributed by atoms with E-state index in [0.29, 0.717) is 18.0 Å². The summed E-state index contributed by atoms with van der Waals surface area (Å²) < 4.78 is 7.70. The van der Waals surface area contributed by atoms with Crippen molar-refractivity contribution in [2.24, 2.45) is 0 Å². The molecule has 0 radical (unpaired) electrons. The van der Waals surface area contributed by atoms with Gasteiger partial charge in [0, 0.05) is 12.7 Å². The van der Waals surface area contributed by atoms with E-state index in [1.165, 1.54) is 4.90 Å². The van der Waals surface area contributed by atoms with Crippen LogP contribution in [-0.4, -0.2) is 39.4 Å². The number of morpholine rings is 1. The summed E-state index contributed by atoms with van der Waals surface area (Å²) in [7, 11) is 0. The van der Waals surface area contributed by atoms with Crippen molar-refractivity contribution in [3.8, 4) is 0 Å². The molecule has 1 fully saturated rings. The maximum absolute atomic E-state index is 11.9. The molecular weight excluding hydrogens is 259 g/mol. The molecule has 0 unspecified atom stereocenters. The number of nitrogens with zero attached hydrogens (tertiary/aromatic N) is 2. The fourth-order valence-corrected chi connectivity index (χ4v) is 2.32. The van der Waals surface area contributed by atoms with Crippen molar-refractivity contribution >= 4 is 40.6 Å². The van der Waals surface area contributed by atoms with Gasteiger partial charge in [-0.25, -0.2) is 4.37 Å². The number of hydrogen-bond donors (Lipinski definition) is 0. The molecule has 2 heterocycles. The molecule has 0 aliphatic carbocycles. The average molecular weight is 267 g/mol. The van der Waals surface area contributed by atoms with E-state index in [2.05, 4.69) is 4.37 Å². The second-order valence-electron chi connectivity index (χ2n) is 3.05. The third-order valence-corrected chi connectivity index (χ3v) is 3.38. The summed E-state index contributed by atoms with van der Waals surface area (Å²) in [5.74, 6) is -0.203. The van der Waals surface area contributed by atoms with Gasteiger partial charge in [-0.1, -0.05) is 23.2 Å². The highest BCUT2D eigenvalue weighted by atomic mass is 35.5. The summed E-state index contributed by atoms with van der Waals surface area (Å²) >= 11 is 13.1. The maximum Gasteiger partial charge on any atom is 0.268 e. The van der Waals surface area contributed by atoms with E-state index in [9.17, 15) is 4.79 Å². The van der Waals surface area contributed by atoms with Crippen LogP contribution < -0.4 is 0 Å². The Kier molecular flexibility index (Phi) is 3.16. The molecule has 1 aromatic heterocycles. The molecular formula is C8H8Cl2N2O2S. The van der Waals surface area contributed by atoms with Crippen LogP contribution in [0.2, 0.25) is 0 Å². The first-order chi connectivity index (χ1) is 7.11. The number of aromatic nitrogens is 1. The van der Waals surface area contributed by atoms with Crippen molar-refractivity contribution in [2.75, 3.05) is 19.8 Å². The van der Waals surface area contributed by atoms with Gasteiger partial charge in [-0.05, 0) is 17.6 Å². The molecule has 0 bridgehead atoms. The molecule has 0 saturated carbocycles. The second-order valence-corrected chi connectivity index (χ2v) is 5.33. The topological polar surface area (TPSA) is 42.4 Å². The Morgan fingerprint density at radius 3 is 3.07 bits per heavy atom. The minimum Gasteiger partial charge on any atom is -0.374 e. The van der Waals surface area contributed by atoms with Gasteiger partial charge in [-0.2, -0.15) is 0 Å². The molecule has 1 aliphatic rings. The zero-order valence-electron chi connectivity index (χ0n) is 7.65. The Balaban J connectivity index is 2.19. The Morgan fingerprint density at radius 2 is 2.47 bits per heavy atom. The normalized spacial score (nSPS) is 20.3. The molecule has 2 rings (SSSR count). The summed E-state index contributed by atoms with van der Waals surface area (Å²) in [4.78, 5) is 13.9. The Bertz CT molecular complexity index is 356. The van der Waals surface area contributed by atoms with Crippen LogP contribution in [0, 0.1) is 0 Å². The van der Waals surface area contributed by atoms with E-state index in [-0.39, 0.29) is 12.5 Å². The number of carbonyl (C=O) groups is 1. The van der Waals surface area contributed by atoms with Gasteiger partial charge in [-0.15, -0.1) is 0 Å². The SMILES string of the molecule is O=C(c1ccns1)N1CCOCC1(Cl)Cl. The molecule has 7 heteroatoms. The van der Waals surface area contributed by atoms with Crippen molar-refractivity contribution in [3.05, 3.63) is 17.1 Å². The zero-order chi connectivity index (χ0) is 10.9. The van der Waals surface area contributed by atoms with E-state index in [0.717, 1.165) is 11.5 Å². The maximum atomic E-state index is 11.9. The molecule has 0 aromatic carbocycles. The van der Waals surface area contributed by atoms with Gasteiger partial charge in [0.1, 0.15) is 4.88 Å². The van der Waals surface area contributed by atoms with Crippen LogP contribution in [0.15, 0.2) is 12.3 Å². The van der Waals surface area contributed by atoms with E-state index >= 15 is 0 Å². The quantitative estimate of drug-likeness (QED) is 0.575. The Labute approximate surface area is 101 Å². The fraction of sp³-hybridized carbons (Fsp3) is 0.500. The number of halogens is 2. The molecule has 0 N–H and O–H groups in total. The van der Waals surface area contributed by atoms with Crippen molar-refractivity contribution < 1.29 is 9.53 Å². The molecule has 4 nitrogen and oxygen atoms in total. The van der Waals surface area contributed by atoms with E-state index in [1.807, 2.05) is 0 Å². The smallest absolute Gasteiger partial charge is 0.268 e. The first-order valence-corrected chi connectivity index (χ1v) is 5.82. The summed E-state index contributed by atoms with van der Waals surface area (Å²) in [6.07, 6.45) is 1.57. The Morgan fingerprint density at radius 1 is 1.67 bits per heavy atom. The lowest BCUT2D eigenvalue weighted by Crippen LogP contribution is -2.52. The lowest BCUT2D eigenvalue weighted by Gasteiger charge is -2.37. The molecule has 0 spiro atoms. The van der Waals surface area contributed by atoms with Crippen LogP contribution in [0.3, 0.4) is 0 Å². The lowest BCUT2D eigenvalue weighted by molar-refractivity contribution is 0.00842. The number of alkyl halides is 2. The summed E-state index contributed by atoms with van der Waals surface area (Å²) in [5.41, 5.74) is 0. The number of rotatable bonds is 1. The fourth-order valence-electron chi connectivity index (χ4n) is 1.30. The van der Waals surface area contributed by atoms with Gasteiger partial charge in [0.05, 0.1) is 13.2 Å². The van der Waals surface area contributed by atoms with Gasteiger partial charge in [0.15, 0.2) is 0 Å². The monoisotopic (exact) mass is 266 g/mol. The predicted octanol–water partition coefficient (Wildman–Crippen LogP) is 1.75. The van der Waals surface area contributed by atoms with Crippen LogP contribution in [0.5, 0.6) is 0 Å². The molecule has 1 aromatic rings. The van der Waals surface area contributed by atoms with Crippen LogP contribution in [-0.2, 0) is 4.74 Å². The second kappa shape index (κ2) is 4.25. The van der Waals surface area contributed by atoms with Crippen LogP contribution in [0.25, 0.3) is 0 Å². The molecule has 1 aliphatic heterocycles. The van der Waals surface area contributed by atoms with Crippen molar-refractivity contribution in [3.63, 3.8) is 0 Å². The first kappa shape index (κ1) is 11.1. The van der Waals surface area contributed by atoms with Crippen LogP contribution in [0.4, 0.5) is 0 Å². The average Bonchev–Trinajstić information content (AvgIpc) is 2.69. The van der Waals surface area contributed by atoms with Gasteiger partial charge in [-0.3, -0.25) is 4.79 Å². The number of carbonyl (C=O) groups excluding carboxylic acids is 1. The van der Waals surface area contributed by atoms with Gasteiger partial charge >= 0.3 is 0 Å². The van der Waals surface area contributed by atoms with Gasteiger partial charge in [0.25, 0.3) is 5.91 Å². The predicted molar refractivity (Wildman–Crippen MR) is 58.4 cm³/mol. The summed E-state index contributed by atoms with van der Waals surface area (Å²) in [6.45, 7) is 0.968. The molecule has 82 valence electrons. The Hall–Kier alpha value is -0.360. The zero-order valence-corrected chi connectivity index (χ0v) is 9.98. The molecule has 15 heavy (non-hydrogen) atoms. The third-order valence-electron chi connectivity index (χ3n) is 2.02. The van der Waals surface area contributed by atoms with Gasteiger partial charge in [0.2, 0.25) is 4.46 Å². The lowest BCUT2D eigenvalue weighted by atomic mass is 10.3. The third kappa shape index (κ3) is 2.25. The largest absolute Gasteiger partial charge is 0.374 e. The highest BCUT2D eigenvalue weighted by molar-refractivity contribution is 7.08. The van der Waals surface area contributed by atoms with Crippen molar-refractivity contribution in [1.29, 1.82) is 0 Å². The van der Waals surface area contributed by atoms with Crippen LogP contribution >= 0.6 is 34.7 Å². The highest BCUT2D eigenvalue weighted by Gasteiger charge is 2.39. The summed E-state index contributed by atoms with van der Waals surface area (Å²) in [6, 6.07) is 1.65. The summed E-state index contributed by atoms with van der Waals surface area (Å²) in [5, 5.41) is 0. The standard InChI is InChI=1S/C8H8Cl2N2O2S/c9-8(10)5-14-4-3-12(8)7(13)6-1-2-11-15-6/h1-2H,3-5H2. The first-order valence-electron chi connectivity index (χ1n) is 4.29. The molecule has 0 atom stereocenters. The molecule has 1 saturated heterocycles.